The van der Waals surface area contributed by atoms with Crippen LogP contribution < -0.4 is 5.32 Å². The summed E-state index contributed by atoms with van der Waals surface area (Å²) in [5, 5.41) is 13.8. The van der Waals surface area contributed by atoms with Gasteiger partial charge in [-0.2, -0.15) is 0 Å². The minimum Gasteiger partial charge on any atom is -0.341 e. The molecule has 1 fully saturated rings. The third-order valence-electron chi connectivity index (χ3n) is 5.04. The van der Waals surface area contributed by atoms with Crippen molar-refractivity contribution in [1.82, 2.24) is 10.2 Å². The zero-order valence-electron chi connectivity index (χ0n) is 15.9. The summed E-state index contributed by atoms with van der Waals surface area (Å²) in [4.78, 5) is 37.7. The van der Waals surface area contributed by atoms with Crippen LogP contribution in [0.3, 0.4) is 0 Å². The number of hydrogen-bond donors (Lipinski definition) is 1. The molecule has 2 rings (SSSR count). The molecule has 0 bridgehead atoms. The van der Waals surface area contributed by atoms with Crippen LogP contribution in [0.5, 0.6) is 0 Å². The van der Waals surface area contributed by atoms with Crippen LogP contribution in [0.4, 0.5) is 5.69 Å². The van der Waals surface area contributed by atoms with Gasteiger partial charge in [0.2, 0.25) is 11.8 Å². The number of nitrogens with one attached hydrogen (secondary N) is 1. The van der Waals surface area contributed by atoms with Crippen molar-refractivity contribution in [2.24, 2.45) is 0 Å². The van der Waals surface area contributed by atoms with Crippen molar-refractivity contribution in [3.05, 3.63) is 46.0 Å². The molecule has 0 atom stereocenters. The first-order valence-corrected chi connectivity index (χ1v) is 9.46. The second-order valence-electron chi connectivity index (χ2n) is 6.79. The van der Waals surface area contributed by atoms with Crippen LogP contribution in [0.1, 0.15) is 51.5 Å². The maximum absolute atomic E-state index is 13.0. The summed E-state index contributed by atoms with van der Waals surface area (Å²) in [5.41, 5.74) is -0.320. The molecule has 1 aromatic carbocycles. The van der Waals surface area contributed by atoms with Crippen LogP contribution in [0.15, 0.2) is 30.3 Å². The van der Waals surface area contributed by atoms with Gasteiger partial charge < -0.3 is 10.2 Å². The standard InChI is InChI=1S/C20H27N3O4/c1-3-22(4-2)19(25)20(13-6-5-7-14-20)21-18(24)12-11-16-9-8-10-17(15-16)23(26)27/h8-12,15H,3-7,13-14H2,1-2H3,(H,21,24)/b12-11+. The maximum Gasteiger partial charge on any atom is 0.270 e. The predicted molar refractivity (Wildman–Crippen MR) is 104 cm³/mol. The van der Waals surface area contributed by atoms with E-state index >= 15 is 0 Å². The van der Waals surface area contributed by atoms with Gasteiger partial charge in [-0.1, -0.05) is 31.4 Å². The van der Waals surface area contributed by atoms with E-state index in [2.05, 4.69) is 5.32 Å². The Morgan fingerprint density at radius 3 is 2.48 bits per heavy atom. The topological polar surface area (TPSA) is 92.6 Å². The molecular formula is C20H27N3O4. The van der Waals surface area contributed by atoms with Gasteiger partial charge in [-0.15, -0.1) is 0 Å². The Morgan fingerprint density at radius 2 is 1.89 bits per heavy atom. The number of nitro groups is 1. The zero-order valence-corrected chi connectivity index (χ0v) is 15.9. The molecule has 1 aliphatic carbocycles. The number of non-ortho nitro benzene ring substituents is 1. The monoisotopic (exact) mass is 373 g/mol. The number of benzene rings is 1. The van der Waals surface area contributed by atoms with Gasteiger partial charge in [0, 0.05) is 31.3 Å². The maximum atomic E-state index is 13.0. The third kappa shape index (κ3) is 5.15. The van der Waals surface area contributed by atoms with E-state index in [1.54, 1.807) is 17.0 Å². The SMILES string of the molecule is CCN(CC)C(=O)C1(NC(=O)/C=C/c2cccc([N+](=O)[O-])c2)CCCCC1. The molecule has 0 unspecified atom stereocenters. The fraction of sp³-hybridized carbons (Fsp3) is 0.500. The molecule has 7 heteroatoms. The van der Waals surface area contributed by atoms with Crippen molar-refractivity contribution in [1.29, 1.82) is 0 Å². The highest BCUT2D eigenvalue weighted by atomic mass is 16.6. The normalized spacial score (nSPS) is 16.1. The zero-order chi connectivity index (χ0) is 19.9. The van der Waals surface area contributed by atoms with Gasteiger partial charge in [-0.05, 0) is 38.3 Å². The Hall–Kier alpha value is -2.70. The second kappa shape index (κ2) is 9.30. The molecule has 0 radical (unpaired) electrons. The summed E-state index contributed by atoms with van der Waals surface area (Å²) in [6, 6.07) is 6.06. The Balaban J connectivity index is 2.15. The van der Waals surface area contributed by atoms with Crippen LogP contribution in [0, 0.1) is 10.1 Å². The molecule has 1 aromatic rings. The minimum atomic E-state index is -0.853. The van der Waals surface area contributed by atoms with Gasteiger partial charge in [0.05, 0.1) is 4.92 Å². The highest BCUT2D eigenvalue weighted by Crippen LogP contribution is 2.30. The Bertz CT molecular complexity index is 720. The highest BCUT2D eigenvalue weighted by molar-refractivity contribution is 5.97. The van der Waals surface area contributed by atoms with E-state index in [1.807, 2.05) is 13.8 Å². The minimum absolute atomic E-state index is 0.0238. The van der Waals surface area contributed by atoms with E-state index in [9.17, 15) is 19.7 Å². The number of amides is 2. The first-order valence-electron chi connectivity index (χ1n) is 9.46. The summed E-state index contributed by atoms with van der Waals surface area (Å²) in [6.07, 6.45) is 7.01. The van der Waals surface area contributed by atoms with Gasteiger partial charge in [-0.25, -0.2) is 0 Å². The third-order valence-corrected chi connectivity index (χ3v) is 5.04. The molecule has 1 N–H and O–H groups in total. The first kappa shape index (κ1) is 20.6. The molecule has 0 saturated heterocycles. The lowest BCUT2D eigenvalue weighted by Crippen LogP contribution is -2.60. The van der Waals surface area contributed by atoms with Crippen LogP contribution in [0.2, 0.25) is 0 Å². The average molecular weight is 373 g/mol. The lowest BCUT2D eigenvalue weighted by atomic mass is 9.80. The Morgan fingerprint density at radius 1 is 1.22 bits per heavy atom. The molecule has 7 nitrogen and oxygen atoms in total. The summed E-state index contributed by atoms with van der Waals surface area (Å²) in [7, 11) is 0. The van der Waals surface area contributed by atoms with Crippen molar-refractivity contribution >= 4 is 23.6 Å². The summed E-state index contributed by atoms with van der Waals surface area (Å²) in [6.45, 7) is 5.08. The van der Waals surface area contributed by atoms with E-state index in [0.717, 1.165) is 19.3 Å². The number of hydrogen-bond acceptors (Lipinski definition) is 4. The second-order valence-corrected chi connectivity index (χ2v) is 6.79. The summed E-state index contributed by atoms with van der Waals surface area (Å²) < 4.78 is 0. The molecule has 0 aliphatic heterocycles. The fourth-order valence-corrected chi connectivity index (χ4v) is 3.55. The number of rotatable bonds is 7. The average Bonchev–Trinajstić information content (AvgIpc) is 2.68. The van der Waals surface area contributed by atoms with Crippen molar-refractivity contribution in [2.75, 3.05) is 13.1 Å². The van der Waals surface area contributed by atoms with E-state index < -0.39 is 10.5 Å². The molecule has 0 heterocycles. The predicted octanol–water partition coefficient (Wildman–Crippen LogP) is 3.30. The largest absolute Gasteiger partial charge is 0.341 e. The number of nitrogens with zero attached hydrogens (tertiary/aromatic N) is 2. The van der Waals surface area contributed by atoms with Crippen LogP contribution in [0.25, 0.3) is 6.08 Å². The van der Waals surface area contributed by atoms with Gasteiger partial charge in [0.25, 0.3) is 5.69 Å². The molecule has 27 heavy (non-hydrogen) atoms. The number of carbonyl (C=O) groups is 2. The lowest BCUT2D eigenvalue weighted by Gasteiger charge is -2.39. The summed E-state index contributed by atoms with van der Waals surface area (Å²) in [5.74, 6) is -0.381. The molecule has 1 saturated carbocycles. The molecule has 0 spiro atoms. The lowest BCUT2D eigenvalue weighted by molar-refractivity contribution is -0.384. The number of carbonyl (C=O) groups excluding carboxylic acids is 2. The van der Waals surface area contributed by atoms with Crippen molar-refractivity contribution in [2.45, 2.75) is 51.5 Å². The number of likely N-dealkylation sites (N-methyl/N-ethyl adjacent to an activating group) is 1. The van der Waals surface area contributed by atoms with Crippen molar-refractivity contribution in [3.63, 3.8) is 0 Å². The van der Waals surface area contributed by atoms with Gasteiger partial charge in [-0.3, -0.25) is 19.7 Å². The van der Waals surface area contributed by atoms with Crippen molar-refractivity contribution in [3.8, 4) is 0 Å². The molecule has 2 amide bonds. The van der Waals surface area contributed by atoms with Gasteiger partial charge in [0.1, 0.15) is 5.54 Å². The molecular weight excluding hydrogens is 346 g/mol. The molecule has 1 aliphatic rings. The van der Waals surface area contributed by atoms with Crippen LogP contribution in [-0.4, -0.2) is 40.3 Å². The molecule has 146 valence electrons. The van der Waals surface area contributed by atoms with Crippen molar-refractivity contribution < 1.29 is 14.5 Å². The Labute approximate surface area is 159 Å². The smallest absolute Gasteiger partial charge is 0.270 e. The highest BCUT2D eigenvalue weighted by Gasteiger charge is 2.42. The van der Waals surface area contributed by atoms with Gasteiger partial charge >= 0.3 is 0 Å². The Kier molecular flexibility index (Phi) is 7.10. The quantitative estimate of drug-likeness (QED) is 0.451. The van der Waals surface area contributed by atoms with Gasteiger partial charge in [0.15, 0.2) is 0 Å². The molecule has 0 aromatic heterocycles. The van der Waals surface area contributed by atoms with E-state index in [-0.39, 0.29) is 17.5 Å². The van der Waals surface area contributed by atoms with E-state index in [1.165, 1.54) is 24.3 Å². The first-order chi connectivity index (χ1) is 12.9. The van der Waals surface area contributed by atoms with E-state index in [0.29, 0.717) is 31.5 Å². The number of nitro benzene ring substituents is 1. The summed E-state index contributed by atoms with van der Waals surface area (Å²) >= 11 is 0. The van der Waals surface area contributed by atoms with Crippen LogP contribution in [-0.2, 0) is 9.59 Å². The van der Waals surface area contributed by atoms with E-state index in [4.69, 9.17) is 0 Å². The van der Waals surface area contributed by atoms with Crippen LogP contribution >= 0.6 is 0 Å². The fourth-order valence-electron chi connectivity index (χ4n) is 3.55.